The van der Waals surface area contributed by atoms with Crippen LogP contribution in [0.15, 0.2) is 49.1 Å². The molecule has 4 aromatic rings. The molecule has 12 nitrogen and oxygen atoms in total. The Bertz CT molecular complexity index is 1700. The molecule has 0 spiro atoms. The van der Waals surface area contributed by atoms with E-state index in [1.807, 2.05) is 27.7 Å². The average molecular weight is 660 g/mol. The Morgan fingerprint density at radius 1 is 1.13 bits per heavy atom. The number of hydrogen-bond donors (Lipinski definition) is 2. The predicted octanol–water partition coefficient (Wildman–Crippen LogP) is 6.09. The Morgan fingerprint density at radius 2 is 1.93 bits per heavy atom. The molecular formula is C31H36ClF2N7O5. The van der Waals surface area contributed by atoms with Gasteiger partial charge in [0.2, 0.25) is 5.91 Å². The van der Waals surface area contributed by atoms with Gasteiger partial charge in [-0.1, -0.05) is 6.07 Å². The molecule has 3 heterocycles. The van der Waals surface area contributed by atoms with E-state index in [0.29, 0.717) is 47.1 Å². The topological polar surface area (TPSA) is 133 Å². The zero-order valence-corrected chi connectivity index (χ0v) is 26.7. The highest BCUT2D eigenvalue weighted by atomic mass is 35.5. The second kappa shape index (κ2) is 14.6. The largest absolute Gasteiger partial charge is 0.494 e. The number of amides is 2. The lowest BCUT2D eigenvalue weighted by molar-refractivity contribution is -0.116. The second-order valence-electron chi connectivity index (χ2n) is 11.5. The first-order chi connectivity index (χ1) is 21.5. The number of halogens is 3. The summed E-state index contributed by atoms with van der Waals surface area (Å²) in [4.78, 5) is 35.8. The van der Waals surface area contributed by atoms with E-state index in [1.165, 1.54) is 29.3 Å². The first-order valence-corrected chi connectivity index (χ1v) is 14.6. The van der Waals surface area contributed by atoms with Gasteiger partial charge in [-0.2, -0.15) is 5.10 Å². The molecule has 0 aliphatic carbocycles. The standard InChI is InChI=1S/C31H35F2N7O5.ClH/c1-5-43-21-12-24-27(25(13-21)44-17-20-8-7-11-40(20)30(42)45-31(2,3)4)29(35-18-34-24)37-19-14-36-39(15-19)16-26(41)38-23-10-6-9-22(32)28(23)33;/h6,9-10,12-15,18,20H,5,7-8,11,16-17H2,1-4H3,(H,38,41)(H,34,35,37);1H/t20-;/m1./s1. The van der Waals surface area contributed by atoms with Crippen LogP contribution >= 0.6 is 12.4 Å². The van der Waals surface area contributed by atoms with Crippen molar-refractivity contribution in [3.8, 4) is 11.5 Å². The van der Waals surface area contributed by atoms with Gasteiger partial charge in [-0.15, -0.1) is 12.4 Å². The molecule has 0 unspecified atom stereocenters. The fourth-order valence-corrected chi connectivity index (χ4v) is 4.93. The molecule has 1 fully saturated rings. The van der Waals surface area contributed by atoms with E-state index in [1.54, 1.807) is 23.2 Å². The van der Waals surface area contributed by atoms with Crippen LogP contribution < -0.4 is 20.1 Å². The third-order valence-electron chi connectivity index (χ3n) is 6.85. The molecule has 46 heavy (non-hydrogen) atoms. The van der Waals surface area contributed by atoms with Crippen molar-refractivity contribution in [2.45, 2.75) is 58.7 Å². The minimum Gasteiger partial charge on any atom is -0.494 e. The Labute approximate surface area is 270 Å². The van der Waals surface area contributed by atoms with Crippen LogP contribution in [0.1, 0.15) is 40.5 Å². The monoisotopic (exact) mass is 659 g/mol. The summed E-state index contributed by atoms with van der Waals surface area (Å²) >= 11 is 0. The smallest absolute Gasteiger partial charge is 0.410 e. The molecule has 5 rings (SSSR count). The normalized spacial score (nSPS) is 14.5. The lowest BCUT2D eigenvalue weighted by Crippen LogP contribution is -2.42. The van der Waals surface area contributed by atoms with Crippen LogP contribution in [0, 0.1) is 11.6 Å². The van der Waals surface area contributed by atoms with Gasteiger partial charge in [-0.3, -0.25) is 9.48 Å². The molecule has 15 heteroatoms. The molecule has 0 bridgehead atoms. The van der Waals surface area contributed by atoms with Crippen molar-refractivity contribution in [3.63, 3.8) is 0 Å². The Kier molecular flexibility index (Phi) is 10.8. The molecule has 1 aliphatic rings. The lowest BCUT2D eigenvalue weighted by Gasteiger charge is -2.28. The van der Waals surface area contributed by atoms with Gasteiger partial charge in [0.15, 0.2) is 11.6 Å². The maximum absolute atomic E-state index is 14.0. The maximum Gasteiger partial charge on any atom is 0.410 e. The van der Waals surface area contributed by atoms with Crippen LogP contribution in [0.3, 0.4) is 0 Å². The van der Waals surface area contributed by atoms with Gasteiger partial charge >= 0.3 is 6.09 Å². The Balaban J connectivity index is 0.00000480. The van der Waals surface area contributed by atoms with E-state index in [2.05, 4.69) is 25.7 Å². The molecule has 2 aromatic heterocycles. The van der Waals surface area contributed by atoms with E-state index in [-0.39, 0.29) is 43.4 Å². The highest BCUT2D eigenvalue weighted by Gasteiger charge is 2.33. The summed E-state index contributed by atoms with van der Waals surface area (Å²) in [6, 6.07) is 6.89. The third-order valence-corrected chi connectivity index (χ3v) is 6.85. The number of benzene rings is 2. The molecule has 2 amide bonds. The maximum atomic E-state index is 14.0. The molecule has 0 saturated carbocycles. The zero-order valence-electron chi connectivity index (χ0n) is 25.9. The number of nitrogens with zero attached hydrogens (tertiary/aromatic N) is 5. The van der Waals surface area contributed by atoms with Crippen LogP contribution in [-0.2, 0) is 16.1 Å². The minimum absolute atomic E-state index is 0. The first-order valence-electron chi connectivity index (χ1n) is 14.6. The number of carbonyl (C=O) groups excluding carboxylic acids is 2. The molecule has 2 N–H and O–H groups in total. The van der Waals surface area contributed by atoms with Crippen LogP contribution in [0.25, 0.3) is 10.9 Å². The number of likely N-dealkylation sites (tertiary alicyclic amines) is 1. The molecule has 0 radical (unpaired) electrons. The SMILES string of the molecule is CCOc1cc(OC[C@H]2CCCN2C(=O)OC(C)(C)C)c2c(Nc3cnn(CC(=O)Nc4cccc(F)c4F)c3)ncnc2c1.Cl. The number of anilines is 3. The third kappa shape index (κ3) is 8.30. The van der Waals surface area contributed by atoms with Gasteiger partial charge in [-0.05, 0) is 52.7 Å². The van der Waals surface area contributed by atoms with Crippen LogP contribution in [0.2, 0.25) is 0 Å². The summed E-state index contributed by atoms with van der Waals surface area (Å²) < 4.78 is 46.5. The molecule has 1 saturated heterocycles. The fourth-order valence-electron chi connectivity index (χ4n) is 4.93. The van der Waals surface area contributed by atoms with Crippen LogP contribution in [0.4, 0.5) is 30.8 Å². The number of nitrogens with one attached hydrogen (secondary N) is 2. The van der Waals surface area contributed by atoms with Gasteiger partial charge in [0, 0.05) is 24.9 Å². The van der Waals surface area contributed by atoms with E-state index < -0.39 is 23.1 Å². The molecule has 246 valence electrons. The van der Waals surface area contributed by atoms with Gasteiger partial charge in [0.25, 0.3) is 0 Å². The van der Waals surface area contributed by atoms with Gasteiger partial charge in [0.1, 0.15) is 42.4 Å². The van der Waals surface area contributed by atoms with Crippen molar-refractivity contribution >= 4 is 52.5 Å². The van der Waals surface area contributed by atoms with Crippen LogP contribution in [-0.4, -0.2) is 68.1 Å². The minimum atomic E-state index is -1.14. The Morgan fingerprint density at radius 3 is 2.70 bits per heavy atom. The number of rotatable bonds is 10. The summed E-state index contributed by atoms with van der Waals surface area (Å²) in [5, 5.41) is 10.3. The van der Waals surface area contributed by atoms with E-state index in [9.17, 15) is 18.4 Å². The van der Waals surface area contributed by atoms with Crippen LogP contribution in [0.5, 0.6) is 11.5 Å². The average Bonchev–Trinajstić information content (AvgIpc) is 3.63. The van der Waals surface area contributed by atoms with Gasteiger partial charge in [0.05, 0.1) is 41.1 Å². The summed E-state index contributed by atoms with van der Waals surface area (Å²) in [6.07, 6.45) is 5.69. The zero-order chi connectivity index (χ0) is 32.1. The summed E-state index contributed by atoms with van der Waals surface area (Å²) in [5.41, 5.74) is 0.199. The first kappa shape index (κ1) is 34.2. The van der Waals surface area contributed by atoms with E-state index in [4.69, 9.17) is 14.2 Å². The summed E-state index contributed by atoms with van der Waals surface area (Å²) in [6.45, 7) is 8.37. The van der Waals surface area contributed by atoms with Crippen molar-refractivity contribution in [2.75, 3.05) is 30.4 Å². The van der Waals surface area contributed by atoms with Crippen molar-refractivity contribution < 1.29 is 32.6 Å². The number of aromatic nitrogens is 4. The second-order valence-corrected chi connectivity index (χ2v) is 11.5. The highest BCUT2D eigenvalue weighted by Crippen LogP contribution is 2.36. The number of carbonyl (C=O) groups is 2. The summed E-state index contributed by atoms with van der Waals surface area (Å²) in [5.74, 6) is -1.35. The van der Waals surface area contributed by atoms with Gasteiger partial charge in [-0.25, -0.2) is 23.5 Å². The number of ether oxygens (including phenoxy) is 3. The number of hydrogen-bond acceptors (Lipinski definition) is 9. The fraction of sp³-hybridized carbons (Fsp3) is 0.387. The van der Waals surface area contributed by atoms with Crippen molar-refractivity contribution in [2.24, 2.45) is 0 Å². The Hall–Kier alpha value is -4.72. The highest BCUT2D eigenvalue weighted by molar-refractivity contribution is 5.97. The predicted molar refractivity (Wildman–Crippen MR) is 170 cm³/mol. The summed E-state index contributed by atoms with van der Waals surface area (Å²) in [7, 11) is 0. The quantitative estimate of drug-likeness (QED) is 0.208. The molecule has 2 aromatic carbocycles. The number of fused-ring (bicyclic) bond motifs is 1. The van der Waals surface area contributed by atoms with Crippen molar-refractivity contribution in [3.05, 3.63) is 60.7 Å². The van der Waals surface area contributed by atoms with Gasteiger partial charge < -0.3 is 29.7 Å². The lowest BCUT2D eigenvalue weighted by atomic mass is 10.2. The van der Waals surface area contributed by atoms with E-state index >= 15 is 0 Å². The van der Waals surface area contributed by atoms with E-state index in [0.717, 1.165) is 18.9 Å². The molecule has 1 atom stereocenters. The van der Waals surface area contributed by atoms with Crippen molar-refractivity contribution in [1.29, 1.82) is 0 Å². The molecular weight excluding hydrogens is 624 g/mol. The van der Waals surface area contributed by atoms with Crippen molar-refractivity contribution in [1.82, 2.24) is 24.6 Å². The molecule has 1 aliphatic heterocycles.